The lowest BCUT2D eigenvalue weighted by Crippen LogP contribution is -2.45. The van der Waals surface area contributed by atoms with Crippen LogP contribution < -0.4 is 4.74 Å². The monoisotopic (exact) mass is 780 g/mol. The Hall–Kier alpha value is -2.57. The second-order valence-electron chi connectivity index (χ2n) is 14.0. The summed E-state index contributed by atoms with van der Waals surface area (Å²) in [4.78, 5) is 16.8. The molecule has 4 atom stereocenters. The molecule has 51 heavy (non-hydrogen) atoms. The molecule has 2 fully saturated rings. The molecule has 1 saturated heterocycles. The Morgan fingerprint density at radius 1 is 1.04 bits per heavy atom. The van der Waals surface area contributed by atoms with Crippen molar-refractivity contribution in [3.05, 3.63) is 82.9 Å². The average Bonchev–Trinajstić information content (AvgIpc) is 3.64. The number of benzene rings is 2. The fourth-order valence-corrected chi connectivity index (χ4v) is 7.83. The number of hydrogen-bond acceptors (Lipinski definition) is 5. The van der Waals surface area contributed by atoms with Crippen LogP contribution in [0.2, 0.25) is 0 Å². The van der Waals surface area contributed by atoms with E-state index in [1.807, 2.05) is 31.6 Å². The van der Waals surface area contributed by atoms with Gasteiger partial charge in [-0.25, -0.2) is 4.39 Å². The van der Waals surface area contributed by atoms with Gasteiger partial charge in [-0.2, -0.15) is 5.10 Å². The van der Waals surface area contributed by atoms with Gasteiger partial charge < -0.3 is 14.7 Å². The van der Waals surface area contributed by atoms with Crippen LogP contribution in [0.15, 0.2) is 54.6 Å². The van der Waals surface area contributed by atoms with Crippen molar-refractivity contribution in [2.24, 2.45) is 11.8 Å². The van der Waals surface area contributed by atoms with Crippen LogP contribution in [0.25, 0.3) is 0 Å². The standard InChI is InChI=1S/C37H48F4N4O3.3ClH/c1-5-45-34(21-30(42-45)18-25-9-11-32(12-10-25)48-37(39,40)41)26-13-15-44(16-14-26)23-28-20-31(43(4)35(36(46)47)17-24(2)3)22-33(28)27-7-6-8-29(38)19-27;;;/h6-12,19,21,24,26,28,31,33,35H,5,13-18,20,22-23H2,1-4H3,(H,46,47);3*1H/t28?,31?,33?,35-;;;/m1.../s1. The Morgan fingerprint density at radius 2 is 1.71 bits per heavy atom. The van der Waals surface area contributed by atoms with Gasteiger partial charge in [0.1, 0.15) is 17.6 Å². The summed E-state index contributed by atoms with van der Waals surface area (Å²) in [6.07, 6.45) is 0.0158. The maximum atomic E-state index is 14.4. The third-order valence-electron chi connectivity index (χ3n) is 10.2. The number of likely N-dealkylation sites (N-methyl/N-ethyl adjacent to an activating group) is 1. The lowest BCUT2D eigenvalue weighted by atomic mass is 9.87. The van der Waals surface area contributed by atoms with Crippen molar-refractivity contribution in [3.8, 4) is 5.75 Å². The molecule has 0 radical (unpaired) electrons. The molecule has 3 aromatic rings. The molecule has 7 nitrogen and oxygen atoms in total. The van der Waals surface area contributed by atoms with E-state index in [2.05, 4.69) is 27.5 Å². The first kappa shape index (κ1) is 44.6. The van der Waals surface area contributed by atoms with E-state index in [0.717, 1.165) is 68.7 Å². The van der Waals surface area contributed by atoms with E-state index >= 15 is 0 Å². The van der Waals surface area contributed by atoms with Crippen LogP contribution in [0, 0.1) is 17.7 Å². The first-order valence-electron chi connectivity index (χ1n) is 17.1. The Bertz CT molecular complexity index is 1520. The van der Waals surface area contributed by atoms with Crippen LogP contribution >= 0.6 is 37.2 Å². The zero-order valence-corrected chi connectivity index (χ0v) is 32.0. The number of aliphatic carboxylic acids is 1. The molecule has 14 heteroatoms. The molecule has 2 aliphatic rings. The molecule has 1 aliphatic heterocycles. The zero-order chi connectivity index (χ0) is 34.6. The van der Waals surface area contributed by atoms with Gasteiger partial charge in [-0.15, -0.1) is 50.4 Å². The van der Waals surface area contributed by atoms with Gasteiger partial charge in [-0.3, -0.25) is 14.4 Å². The van der Waals surface area contributed by atoms with Gasteiger partial charge in [0.25, 0.3) is 0 Å². The number of nitrogens with zero attached hydrogens (tertiary/aromatic N) is 4. The molecule has 2 heterocycles. The van der Waals surface area contributed by atoms with E-state index in [0.29, 0.717) is 18.8 Å². The molecule has 1 N–H and O–H groups in total. The predicted molar refractivity (Wildman–Crippen MR) is 198 cm³/mol. The van der Waals surface area contributed by atoms with E-state index in [9.17, 15) is 27.5 Å². The molecule has 1 aliphatic carbocycles. The Kier molecular flexibility index (Phi) is 17.0. The summed E-state index contributed by atoms with van der Waals surface area (Å²) in [6, 6.07) is 14.5. The number of aryl methyl sites for hydroxylation is 1. The van der Waals surface area contributed by atoms with E-state index in [1.165, 1.54) is 23.9 Å². The SMILES string of the molecule is CCn1nc(Cc2ccc(OC(F)(F)F)cc2)cc1C1CCN(CC2CC(N(C)[C@H](CC(C)C)C(=O)O)CC2c2cccc(F)c2)CC1.Cl.Cl.Cl. The average molecular weight is 782 g/mol. The maximum Gasteiger partial charge on any atom is 0.573 e. The molecule has 0 spiro atoms. The minimum Gasteiger partial charge on any atom is -0.480 e. The molecule has 0 bridgehead atoms. The van der Waals surface area contributed by atoms with Crippen molar-refractivity contribution in [1.82, 2.24) is 19.6 Å². The molecule has 3 unspecified atom stereocenters. The van der Waals surface area contributed by atoms with Crippen LogP contribution in [-0.4, -0.2) is 75.8 Å². The van der Waals surface area contributed by atoms with E-state index in [4.69, 9.17) is 5.10 Å². The van der Waals surface area contributed by atoms with E-state index in [-0.39, 0.29) is 72.6 Å². The van der Waals surface area contributed by atoms with Gasteiger partial charge >= 0.3 is 12.3 Å². The second-order valence-corrected chi connectivity index (χ2v) is 14.0. The van der Waals surface area contributed by atoms with E-state index < -0.39 is 18.4 Å². The third-order valence-corrected chi connectivity index (χ3v) is 10.2. The molecule has 286 valence electrons. The van der Waals surface area contributed by atoms with Crippen LogP contribution in [-0.2, 0) is 17.8 Å². The third kappa shape index (κ3) is 12.0. The molecule has 1 saturated carbocycles. The van der Waals surface area contributed by atoms with Crippen molar-refractivity contribution in [2.45, 2.75) is 96.1 Å². The molecule has 0 amide bonds. The number of likely N-dealkylation sites (tertiary alicyclic amines) is 1. The largest absolute Gasteiger partial charge is 0.573 e. The number of halogens is 7. The van der Waals surface area contributed by atoms with Crippen molar-refractivity contribution >= 4 is 43.2 Å². The number of carboxylic acids is 1. The van der Waals surface area contributed by atoms with Gasteiger partial charge in [-0.1, -0.05) is 38.1 Å². The second kappa shape index (κ2) is 19.5. The molecule has 2 aromatic carbocycles. The lowest BCUT2D eigenvalue weighted by molar-refractivity contribution is -0.274. The van der Waals surface area contributed by atoms with Crippen molar-refractivity contribution in [1.29, 1.82) is 0 Å². The topological polar surface area (TPSA) is 70.8 Å². The van der Waals surface area contributed by atoms with Crippen LogP contribution in [0.5, 0.6) is 5.75 Å². The summed E-state index contributed by atoms with van der Waals surface area (Å²) >= 11 is 0. The summed E-state index contributed by atoms with van der Waals surface area (Å²) in [5.41, 5.74) is 3.92. The number of alkyl halides is 3. The Balaban J connectivity index is 0.00000300. The van der Waals surface area contributed by atoms with Gasteiger partial charge in [0.2, 0.25) is 0 Å². The highest BCUT2D eigenvalue weighted by Crippen LogP contribution is 2.43. The minimum atomic E-state index is -4.72. The fraction of sp³-hybridized carbons (Fsp3) is 0.568. The smallest absolute Gasteiger partial charge is 0.480 e. The van der Waals surface area contributed by atoms with Crippen LogP contribution in [0.4, 0.5) is 17.6 Å². The highest BCUT2D eigenvalue weighted by Gasteiger charge is 2.41. The predicted octanol–water partition coefficient (Wildman–Crippen LogP) is 8.97. The molecular formula is C37H51Cl3F4N4O3. The zero-order valence-electron chi connectivity index (χ0n) is 29.5. The normalized spacial score (nSPS) is 20.4. The number of rotatable bonds is 13. The van der Waals surface area contributed by atoms with Crippen molar-refractivity contribution in [3.63, 3.8) is 0 Å². The highest BCUT2D eigenvalue weighted by molar-refractivity contribution is 5.86. The summed E-state index contributed by atoms with van der Waals surface area (Å²) in [7, 11) is 1.94. The van der Waals surface area contributed by atoms with Crippen molar-refractivity contribution < 1.29 is 32.2 Å². The van der Waals surface area contributed by atoms with Gasteiger partial charge in [-0.05, 0) is 118 Å². The molecule has 5 rings (SSSR count). The van der Waals surface area contributed by atoms with Crippen LogP contribution in [0.1, 0.15) is 87.2 Å². The Morgan fingerprint density at radius 3 is 2.27 bits per heavy atom. The first-order chi connectivity index (χ1) is 22.8. The summed E-state index contributed by atoms with van der Waals surface area (Å²) < 4.78 is 58.0. The van der Waals surface area contributed by atoms with Gasteiger partial charge in [0, 0.05) is 37.2 Å². The number of ether oxygens (including phenoxy) is 1. The van der Waals surface area contributed by atoms with E-state index in [1.54, 1.807) is 24.3 Å². The summed E-state index contributed by atoms with van der Waals surface area (Å²) in [5.74, 6) is -0.231. The quantitative estimate of drug-likeness (QED) is 0.175. The van der Waals surface area contributed by atoms with Gasteiger partial charge in [0.15, 0.2) is 0 Å². The maximum absolute atomic E-state index is 14.4. The number of hydrogen-bond donors (Lipinski definition) is 1. The Labute approximate surface area is 317 Å². The molecule has 1 aromatic heterocycles. The first-order valence-corrected chi connectivity index (χ1v) is 17.1. The number of aromatic nitrogens is 2. The molecular weight excluding hydrogens is 731 g/mol. The van der Waals surface area contributed by atoms with Gasteiger partial charge in [0.05, 0.1) is 5.69 Å². The fourth-order valence-electron chi connectivity index (χ4n) is 7.83. The van der Waals surface area contributed by atoms with Crippen LogP contribution in [0.3, 0.4) is 0 Å². The number of carbonyl (C=O) groups is 1. The lowest BCUT2D eigenvalue weighted by Gasteiger charge is -2.35. The summed E-state index contributed by atoms with van der Waals surface area (Å²) in [6.45, 7) is 9.62. The summed E-state index contributed by atoms with van der Waals surface area (Å²) in [5, 5.41) is 14.8. The minimum absolute atomic E-state index is 0. The number of piperidine rings is 1. The number of carboxylic acid groups (broad SMARTS) is 1. The van der Waals surface area contributed by atoms with Crippen molar-refractivity contribution in [2.75, 3.05) is 26.7 Å². The highest BCUT2D eigenvalue weighted by atomic mass is 35.5.